The Bertz CT molecular complexity index is 3010. The van der Waals surface area contributed by atoms with Crippen LogP contribution in [0.2, 0.25) is 0 Å². The second kappa shape index (κ2) is 64.7. The summed E-state index contributed by atoms with van der Waals surface area (Å²) in [7, 11) is 4.63. The summed E-state index contributed by atoms with van der Waals surface area (Å²) >= 11 is 0. The zero-order chi connectivity index (χ0) is 74.0. The van der Waals surface area contributed by atoms with Crippen molar-refractivity contribution < 1.29 is 81.7 Å². The van der Waals surface area contributed by atoms with E-state index in [0.717, 1.165) is 61.9 Å². The summed E-state index contributed by atoms with van der Waals surface area (Å²) in [6, 6.07) is 62.6. The van der Waals surface area contributed by atoms with Gasteiger partial charge in [0, 0.05) is 37.9 Å². The Balaban J connectivity index is -0.00000102. The Morgan fingerprint density at radius 3 is 1.23 bits per heavy atom. The van der Waals surface area contributed by atoms with E-state index < -0.39 is 5.97 Å². The number of Topliss-reactive ketones (excluding diaryl/α,β-unsaturated/α-hetero) is 2. The van der Waals surface area contributed by atoms with E-state index in [2.05, 4.69) is 59.2 Å². The minimum Gasteiger partial charge on any atom is -0.497 e. The van der Waals surface area contributed by atoms with Crippen LogP contribution in [-0.2, 0) is 60.7 Å². The molecule has 98 heavy (non-hydrogen) atoms. The van der Waals surface area contributed by atoms with Crippen LogP contribution in [-0.4, -0.2) is 112 Å². The van der Waals surface area contributed by atoms with Crippen LogP contribution >= 0.6 is 0 Å². The standard InChI is InChI=1S/C10H14.C9H10O2.2C8H8O2.C8H10O.C7H14O2.2C7H8O.C6H10O3.C6H12O2.C5H8O/c1-8(2)10-6-4-9(3)5-7-10;1-2-11-9(10)8-6-4-3-5-7-8;1-10-8-4-2-7(6-9)3-5-8;1-10-8(9)7-5-3-2-4-6-7;9-7-6-8-4-2-1-3-5-8;1-4-9-7(8)5-6(2)3;1-8-7-5-3-2-4-6-7;8-6-7-4-2-1-3-5-7;1-3-9-6(8)4-5(2)7;1-3-5-6(7)8-4-2;6-5-3-1-2-4-5/h4-8H,1-3H3;3-7H,2H2,1H3;2*2-6H,1H3;1-5,9H,6-7H2;6H,4-5H2,1-3H3;2-6H,1H3;1-5,8H,6H2;3-4H2,1-2H3;3-5H2,1-2H3;1-4H2. The van der Waals surface area contributed by atoms with Crippen molar-refractivity contribution in [1.29, 1.82) is 0 Å². The number of hydrogen-bond donors (Lipinski definition) is 2. The number of ketones is 2. The van der Waals surface area contributed by atoms with Crippen molar-refractivity contribution in [3.05, 3.63) is 239 Å². The maximum atomic E-state index is 11.0. The molecule has 0 spiro atoms. The van der Waals surface area contributed by atoms with Crippen LogP contribution in [0.4, 0.5) is 0 Å². The first-order valence-corrected chi connectivity index (χ1v) is 33.0. The number of methoxy groups -OCH3 is 3. The molecule has 8 rings (SSSR count). The van der Waals surface area contributed by atoms with Gasteiger partial charge in [0.15, 0.2) is 0 Å². The molecule has 0 aliphatic heterocycles. The van der Waals surface area contributed by atoms with Gasteiger partial charge in [0.05, 0.1) is 65.5 Å². The van der Waals surface area contributed by atoms with Crippen molar-refractivity contribution in [3.63, 3.8) is 0 Å². The van der Waals surface area contributed by atoms with Crippen LogP contribution in [0.5, 0.6) is 11.5 Å². The highest BCUT2D eigenvalue weighted by molar-refractivity contribution is 5.94. The fourth-order valence-electron chi connectivity index (χ4n) is 7.20. The van der Waals surface area contributed by atoms with Crippen molar-refractivity contribution in [2.24, 2.45) is 5.92 Å². The molecular weight excluding hydrogens is 1240 g/mol. The summed E-state index contributed by atoms with van der Waals surface area (Å²) in [5.41, 5.74) is 6.78. The number of aldehydes is 1. The number of para-hydroxylation sites is 1. The van der Waals surface area contributed by atoms with Crippen molar-refractivity contribution >= 4 is 47.7 Å². The van der Waals surface area contributed by atoms with Gasteiger partial charge >= 0.3 is 29.8 Å². The molecule has 17 nitrogen and oxygen atoms in total. The summed E-state index contributed by atoms with van der Waals surface area (Å²) in [5, 5.41) is 17.1. The van der Waals surface area contributed by atoms with Crippen LogP contribution in [0, 0.1) is 12.8 Å². The molecule has 0 radical (unpaired) electrons. The zero-order valence-electron chi connectivity index (χ0n) is 60.4. The van der Waals surface area contributed by atoms with E-state index in [-0.39, 0.29) is 49.3 Å². The maximum Gasteiger partial charge on any atom is 0.338 e. The van der Waals surface area contributed by atoms with E-state index in [0.29, 0.717) is 73.6 Å². The number of aliphatic hydroxyl groups excluding tert-OH is 2. The van der Waals surface area contributed by atoms with Crippen molar-refractivity contribution in [3.8, 4) is 11.5 Å². The third kappa shape index (κ3) is 56.7. The highest BCUT2D eigenvalue weighted by Gasteiger charge is 2.08. The average Bonchev–Trinajstić information content (AvgIpc) is 1.76. The van der Waals surface area contributed by atoms with Gasteiger partial charge in [-0.05, 0) is 156 Å². The number of aliphatic hydroxyl groups is 2. The van der Waals surface area contributed by atoms with Crippen LogP contribution in [0.15, 0.2) is 200 Å². The third-order valence-corrected chi connectivity index (χ3v) is 12.2. The minimum absolute atomic E-state index is 0.0880. The second-order valence-electron chi connectivity index (χ2n) is 21.4. The van der Waals surface area contributed by atoms with E-state index in [1.807, 2.05) is 150 Å². The minimum atomic E-state index is -0.440. The second-order valence-corrected chi connectivity index (χ2v) is 21.4. The molecule has 0 heterocycles. The van der Waals surface area contributed by atoms with Gasteiger partial charge in [-0.15, -0.1) is 0 Å². The van der Waals surface area contributed by atoms with E-state index >= 15 is 0 Å². The average molecular weight is 1360 g/mol. The molecule has 0 aromatic heterocycles. The molecule has 0 bridgehead atoms. The van der Waals surface area contributed by atoms with Crippen molar-refractivity contribution in [2.75, 3.05) is 54.4 Å². The normalized spacial score (nSPS) is 10.0. The predicted octanol–water partition coefficient (Wildman–Crippen LogP) is 16.7. The van der Waals surface area contributed by atoms with Gasteiger partial charge in [-0.1, -0.05) is 180 Å². The number of carbonyl (C=O) groups is 8. The van der Waals surface area contributed by atoms with E-state index in [1.54, 1.807) is 88.7 Å². The summed E-state index contributed by atoms with van der Waals surface area (Å²) in [5.74, 6) is 1.87. The number of hydrogen-bond acceptors (Lipinski definition) is 17. The lowest BCUT2D eigenvalue weighted by Gasteiger charge is -2.03. The molecule has 0 saturated heterocycles. The van der Waals surface area contributed by atoms with E-state index in [9.17, 15) is 38.4 Å². The van der Waals surface area contributed by atoms with Crippen LogP contribution < -0.4 is 9.47 Å². The Kier molecular flexibility index (Phi) is 61.2. The molecule has 1 saturated carbocycles. The number of aryl methyl sites for hydroxylation is 1. The molecule has 1 fully saturated rings. The van der Waals surface area contributed by atoms with Crippen molar-refractivity contribution in [1.82, 2.24) is 0 Å². The van der Waals surface area contributed by atoms with Gasteiger partial charge in [-0.3, -0.25) is 28.8 Å². The van der Waals surface area contributed by atoms with Gasteiger partial charge < -0.3 is 43.4 Å². The Morgan fingerprint density at radius 1 is 0.490 bits per heavy atom. The molecule has 7 aromatic rings. The summed E-state index contributed by atoms with van der Waals surface area (Å²) in [6.45, 7) is 23.1. The lowest BCUT2D eigenvalue weighted by molar-refractivity contribution is -0.146. The lowest BCUT2D eigenvalue weighted by atomic mass is 10.0. The molecule has 1 aliphatic rings. The number of rotatable bonds is 19. The molecule has 7 aromatic carbocycles. The quantitative estimate of drug-likeness (QED) is 0.0331. The van der Waals surface area contributed by atoms with Gasteiger partial charge in [-0.25, -0.2) is 9.59 Å². The van der Waals surface area contributed by atoms with E-state index in [1.165, 1.54) is 30.7 Å². The summed E-state index contributed by atoms with van der Waals surface area (Å²) < 4.78 is 32.9. The fourth-order valence-corrected chi connectivity index (χ4v) is 7.20. The highest BCUT2D eigenvalue weighted by atomic mass is 16.5. The number of ether oxygens (including phenoxy) is 7. The maximum absolute atomic E-state index is 11.0. The van der Waals surface area contributed by atoms with E-state index in [4.69, 9.17) is 29.2 Å². The molecule has 536 valence electrons. The van der Waals surface area contributed by atoms with Crippen LogP contribution in [0.1, 0.15) is 180 Å². The smallest absolute Gasteiger partial charge is 0.338 e. The van der Waals surface area contributed by atoms with Gasteiger partial charge in [0.2, 0.25) is 0 Å². The van der Waals surface area contributed by atoms with Gasteiger partial charge in [-0.2, -0.15) is 0 Å². The Morgan fingerprint density at radius 2 is 0.898 bits per heavy atom. The third-order valence-electron chi connectivity index (χ3n) is 12.2. The predicted molar refractivity (Wildman–Crippen MR) is 389 cm³/mol. The molecule has 0 amide bonds. The summed E-state index contributed by atoms with van der Waals surface area (Å²) in [4.78, 5) is 83.9. The number of carbonyl (C=O) groups excluding carboxylic acids is 8. The fraction of sp³-hybridized carbons (Fsp3) is 0.383. The first kappa shape index (κ1) is 92.6. The topological polar surface area (TPSA) is 242 Å². The molecule has 17 heteroatoms. The first-order valence-electron chi connectivity index (χ1n) is 33.0. The molecule has 0 atom stereocenters. The SMILES string of the molecule is CCCC(=O)OCC.CCOC(=O)CC(C)=O.CCOC(=O)CC(C)C.CCOC(=O)c1ccccc1.COC(=O)c1ccccc1.COc1ccc(C=O)cc1.COc1ccccc1.Cc1ccc(C(C)C)cc1.O=C1CCCC1.OCCc1ccccc1.OCc1ccccc1. The summed E-state index contributed by atoms with van der Waals surface area (Å²) in [6.07, 6.45) is 7.40. The first-order chi connectivity index (χ1) is 47.1. The number of benzene rings is 7. The lowest BCUT2D eigenvalue weighted by Crippen LogP contribution is -2.07. The van der Waals surface area contributed by atoms with Crippen LogP contribution in [0.3, 0.4) is 0 Å². The molecule has 2 N–H and O–H groups in total. The molecule has 0 unspecified atom stereocenters. The monoisotopic (exact) mass is 1350 g/mol. The number of esters is 5. The molecule has 1 aliphatic carbocycles. The van der Waals surface area contributed by atoms with Crippen molar-refractivity contribution in [2.45, 2.75) is 146 Å². The van der Waals surface area contributed by atoms with Gasteiger partial charge in [0.25, 0.3) is 0 Å². The zero-order valence-corrected chi connectivity index (χ0v) is 60.4. The van der Waals surface area contributed by atoms with Gasteiger partial charge in [0.1, 0.15) is 35.8 Å². The molecular formula is C81H110O17. The Labute approximate surface area is 584 Å². The van der Waals surface area contributed by atoms with Crippen LogP contribution in [0.25, 0.3) is 0 Å². The Hall–Kier alpha value is -9.58. The largest absolute Gasteiger partial charge is 0.497 e. The highest BCUT2D eigenvalue weighted by Crippen LogP contribution is 2.15.